The first-order valence-electron chi connectivity index (χ1n) is 4.69. The van der Waals surface area contributed by atoms with E-state index in [2.05, 4.69) is 12.6 Å². The molecule has 1 heterocycles. The van der Waals surface area contributed by atoms with E-state index in [1.54, 1.807) is 29.2 Å². The molecule has 0 saturated heterocycles. The van der Waals surface area contributed by atoms with Gasteiger partial charge < -0.3 is 4.74 Å². The number of thioether (sulfide) groups is 1. The number of thiophene rings is 1. The van der Waals surface area contributed by atoms with Crippen molar-refractivity contribution < 1.29 is 9.53 Å². The summed E-state index contributed by atoms with van der Waals surface area (Å²) in [5.74, 6) is -0.161. The van der Waals surface area contributed by atoms with Gasteiger partial charge >= 0.3 is 5.97 Å². The molecular formula is C11H14O2S2. The minimum absolute atomic E-state index is 0.161. The molecule has 0 aromatic carbocycles. The number of carbonyl (C=O) groups is 1. The van der Waals surface area contributed by atoms with Gasteiger partial charge in [0.15, 0.2) is 0 Å². The highest BCUT2D eigenvalue weighted by Crippen LogP contribution is 2.29. The predicted molar refractivity (Wildman–Crippen MR) is 65.4 cm³/mol. The van der Waals surface area contributed by atoms with Crippen molar-refractivity contribution in [1.82, 2.24) is 0 Å². The molecule has 0 radical (unpaired) electrons. The molecule has 0 aliphatic heterocycles. The van der Waals surface area contributed by atoms with E-state index < -0.39 is 0 Å². The van der Waals surface area contributed by atoms with Crippen LogP contribution in [0.25, 0.3) is 0 Å². The molecule has 4 heteroatoms. The van der Waals surface area contributed by atoms with Crippen LogP contribution in [0.2, 0.25) is 0 Å². The Morgan fingerprint density at radius 2 is 2.60 bits per heavy atom. The molecule has 1 rings (SSSR count). The van der Waals surface area contributed by atoms with Crippen molar-refractivity contribution in [1.29, 1.82) is 0 Å². The molecule has 1 aromatic heterocycles. The molecule has 0 fully saturated rings. The largest absolute Gasteiger partial charge is 0.461 e. The third kappa shape index (κ3) is 5.04. The summed E-state index contributed by atoms with van der Waals surface area (Å²) in [5.41, 5.74) is 0. The lowest BCUT2D eigenvalue weighted by atomic mass is 10.3. The van der Waals surface area contributed by atoms with E-state index in [4.69, 9.17) is 4.74 Å². The Morgan fingerprint density at radius 3 is 3.20 bits per heavy atom. The third-order valence-electron chi connectivity index (χ3n) is 1.63. The summed E-state index contributed by atoms with van der Waals surface area (Å²) >= 11 is 3.39. The predicted octanol–water partition coefficient (Wildman–Crippen LogP) is 3.35. The topological polar surface area (TPSA) is 26.3 Å². The lowest BCUT2D eigenvalue weighted by Gasteiger charge is -2.08. The summed E-state index contributed by atoms with van der Waals surface area (Å²) in [6.45, 7) is 5.82. The molecule has 2 nitrogen and oxygen atoms in total. The Morgan fingerprint density at radius 1 is 1.80 bits per heavy atom. The lowest BCUT2D eigenvalue weighted by molar-refractivity contribution is -0.142. The fraction of sp³-hybridized carbons (Fsp3) is 0.364. The summed E-state index contributed by atoms with van der Waals surface area (Å²) in [6.07, 6.45) is 2.02. The summed E-state index contributed by atoms with van der Waals surface area (Å²) in [7, 11) is 0. The Kier molecular flexibility index (Phi) is 5.50. The Labute approximate surface area is 98.3 Å². The van der Waals surface area contributed by atoms with Gasteiger partial charge in [0.2, 0.25) is 0 Å². The molecule has 0 aliphatic rings. The van der Waals surface area contributed by atoms with Crippen LogP contribution in [-0.2, 0) is 9.53 Å². The summed E-state index contributed by atoms with van der Waals surface area (Å²) in [6, 6.07) is 4.07. The van der Waals surface area contributed by atoms with Gasteiger partial charge in [0, 0.05) is 5.25 Å². The molecule has 0 amide bonds. The first-order valence-corrected chi connectivity index (χ1v) is 6.45. The second kappa shape index (κ2) is 6.69. The second-order valence-electron chi connectivity index (χ2n) is 3.04. The molecule has 15 heavy (non-hydrogen) atoms. The molecule has 82 valence electrons. The second-order valence-corrected chi connectivity index (χ2v) is 5.72. The summed E-state index contributed by atoms with van der Waals surface area (Å²) in [4.78, 5) is 11.3. The fourth-order valence-corrected chi connectivity index (χ4v) is 3.12. The van der Waals surface area contributed by atoms with Gasteiger partial charge in [-0.2, -0.15) is 0 Å². The van der Waals surface area contributed by atoms with E-state index >= 15 is 0 Å². The average Bonchev–Trinajstić information content (AvgIpc) is 2.67. The molecule has 0 unspecified atom stereocenters. The molecule has 0 saturated carbocycles. The van der Waals surface area contributed by atoms with E-state index in [1.807, 2.05) is 18.4 Å². The van der Waals surface area contributed by atoms with Crippen molar-refractivity contribution in [2.45, 2.75) is 22.8 Å². The van der Waals surface area contributed by atoms with E-state index in [-0.39, 0.29) is 11.2 Å². The van der Waals surface area contributed by atoms with Crippen molar-refractivity contribution in [3.63, 3.8) is 0 Å². The standard InChI is InChI=1S/C11H14O2S2/c1-3-6-13-10(12)8-9(2)15-11-5-4-7-14-11/h3-5,7,9H,1,6,8H2,2H3/t9-/m0/s1. The number of carbonyl (C=O) groups excluding carboxylic acids is 1. The van der Waals surface area contributed by atoms with Gasteiger partial charge in [-0.15, -0.1) is 23.1 Å². The molecule has 0 spiro atoms. The monoisotopic (exact) mass is 242 g/mol. The van der Waals surface area contributed by atoms with Gasteiger partial charge in [0.05, 0.1) is 10.6 Å². The van der Waals surface area contributed by atoms with Crippen LogP contribution in [0.3, 0.4) is 0 Å². The van der Waals surface area contributed by atoms with Crippen molar-refractivity contribution in [3.8, 4) is 0 Å². The van der Waals surface area contributed by atoms with Crippen molar-refractivity contribution in [2.24, 2.45) is 0 Å². The number of ether oxygens (including phenoxy) is 1. The summed E-state index contributed by atoms with van der Waals surface area (Å²) < 4.78 is 6.15. The lowest BCUT2D eigenvalue weighted by Crippen LogP contribution is -2.10. The molecule has 1 aromatic rings. The van der Waals surface area contributed by atoms with Crippen LogP contribution in [0.15, 0.2) is 34.4 Å². The molecular weight excluding hydrogens is 228 g/mol. The van der Waals surface area contributed by atoms with Gasteiger partial charge in [0.1, 0.15) is 6.61 Å². The zero-order chi connectivity index (χ0) is 11.1. The van der Waals surface area contributed by atoms with Crippen LogP contribution in [-0.4, -0.2) is 17.8 Å². The molecule has 0 bridgehead atoms. The quantitative estimate of drug-likeness (QED) is 0.435. The van der Waals surface area contributed by atoms with Crippen LogP contribution in [0.1, 0.15) is 13.3 Å². The first kappa shape index (κ1) is 12.3. The van der Waals surface area contributed by atoms with Gasteiger partial charge in [-0.25, -0.2) is 0 Å². The molecule has 1 atom stereocenters. The van der Waals surface area contributed by atoms with E-state index in [0.717, 1.165) is 0 Å². The summed E-state index contributed by atoms with van der Waals surface area (Å²) in [5, 5.41) is 2.28. The highest BCUT2D eigenvalue weighted by molar-refractivity contribution is 8.01. The van der Waals surface area contributed by atoms with Crippen LogP contribution in [0, 0.1) is 0 Å². The van der Waals surface area contributed by atoms with Gasteiger partial charge in [0.25, 0.3) is 0 Å². The van der Waals surface area contributed by atoms with Crippen LogP contribution < -0.4 is 0 Å². The Bertz CT molecular complexity index is 306. The van der Waals surface area contributed by atoms with Crippen LogP contribution in [0.4, 0.5) is 0 Å². The minimum atomic E-state index is -0.161. The maximum atomic E-state index is 11.3. The zero-order valence-electron chi connectivity index (χ0n) is 8.64. The zero-order valence-corrected chi connectivity index (χ0v) is 10.3. The highest BCUT2D eigenvalue weighted by atomic mass is 32.2. The maximum Gasteiger partial charge on any atom is 0.307 e. The number of esters is 1. The smallest absolute Gasteiger partial charge is 0.307 e. The molecule has 0 aliphatic carbocycles. The van der Waals surface area contributed by atoms with Crippen molar-refractivity contribution in [2.75, 3.05) is 6.61 Å². The number of hydrogen-bond donors (Lipinski definition) is 0. The normalized spacial score (nSPS) is 12.1. The van der Waals surface area contributed by atoms with Crippen LogP contribution >= 0.6 is 23.1 Å². The SMILES string of the molecule is C=CCOC(=O)C[C@H](C)Sc1cccs1. The van der Waals surface area contributed by atoms with Gasteiger partial charge in [-0.1, -0.05) is 25.6 Å². The number of rotatable bonds is 6. The third-order valence-corrected chi connectivity index (χ3v) is 3.81. The van der Waals surface area contributed by atoms with E-state index in [0.29, 0.717) is 13.0 Å². The fourth-order valence-electron chi connectivity index (χ4n) is 1.02. The Balaban J connectivity index is 2.26. The van der Waals surface area contributed by atoms with Crippen LogP contribution in [0.5, 0.6) is 0 Å². The van der Waals surface area contributed by atoms with E-state index in [9.17, 15) is 4.79 Å². The van der Waals surface area contributed by atoms with Crippen molar-refractivity contribution >= 4 is 29.1 Å². The van der Waals surface area contributed by atoms with Gasteiger partial charge in [-0.05, 0) is 11.4 Å². The number of hydrogen-bond acceptors (Lipinski definition) is 4. The van der Waals surface area contributed by atoms with Crippen molar-refractivity contribution in [3.05, 3.63) is 30.2 Å². The Hall–Kier alpha value is -0.740. The molecule has 0 N–H and O–H groups in total. The van der Waals surface area contributed by atoms with E-state index in [1.165, 1.54) is 4.21 Å². The average molecular weight is 242 g/mol. The minimum Gasteiger partial charge on any atom is -0.461 e. The van der Waals surface area contributed by atoms with Gasteiger partial charge in [-0.3, -0.25) is 4.79 Å². The highest BCUT2D eigenvalue weighted by Gasteiger charge is 2.11. The maximum absolute atomic E-state index is 11.3. The first-order chi connectivity index (χ1) is 7.22.